The van der Waals surface area contributed by atoms with Crippen molar-refractivity contribution in [2.24, 2.45) is 18.9 Å². The molecule has 1 unspecified atom stereocenters. The molecule has 0 N–H and O–H groups in total. The number of aryl methyl sites for hydroxylation is 1. The fourth-order valence-electron chi connectivity index (χ4n) is 4.31. The highest BCUT2D eigenvalue weighted by Gasteiger charge is 2.28. The number of hydrogen-bond donors (Lipinski definition) is 0. The molecule has 1 atom stereocenters. The number of imidazole rings is 1. The third kappa shape index (κ3) is 4.25. The van der Waals surface area contributed by atoms with E-state index in [0.29, 0.717) is 18.1 Å². The SMILES string of the molecule is Cc1ncc(-c2ccc3cnc(CC(=O)C4CCN(CC(C)C)C4)cc3c2)n1C. The Balaban J connectivity index is 1.51. The van der Waals surface area contributed by atoms with Gasteiger partial charge in [0, 0.05) is 55.3 Å². The fourth-order valence-corrected chi connectivity index (χ4v) is 4.31. The summed E-state index contributed by atoms with van der Waals surface area (Å²) in [6, 6.07) is 8.43. The van der Waals surface area contributed by atoms with Crippen LogP contribution in [0.5, 0.6) is 0 Å². The minimum atomic E-state index is 0.148. The van der Waals surface area contributed by atoms with E-state index < -0.39 is 0 Å². The lowest BCUT2D eigenvalue weighted by atomic mass is 9.98. The van der Waals surface area contributed by atoms with Crippen LogP contribution in [-0.4, -0.2) is 44.9 Å². The minimum absolute atomic E-state index is 0.148. The molecule has 0 saturated carbocycles. The summed E-state index contributed by atoms with van der Waals surface area (Å²) >= 11 is 0. The molecule has 0 aliphatic carbocycles. The molecule has 1 aliphatic heterocycles. The van der Waals surface area contributed by atoms with Gasteiger partial charge in [0.15, 0.2) is 0 Å². The Bertz CT molecular complexity index is 1040. The summed E-state index contributed by atoms with van der Waals surface area (Å²) < 4.78 is 2.09. The van der Waals surface area contributed by atoms with E-state index in [-0.39, 0.29) is 5.92 Å². The van der Waals surface area contributed by atoms with E-state index in [2.05, 4.69) is 57.5 Å². The van der Waals surface area contributed by atoms with Gasteiger partial charge in [-0.3, -0.25) is 9.78 Å². The van der Waals surface area contributed by atoms with Crippen LogP contribution in [0.4, 0.5) is 0 Å². The highest BCUT2D eigenvalue weighted by molar-refractivity contribution is 5.88. The summed E-state index contributed by atoms with van der Waals surface area (Å²) in [6.07, 6.45) is 5.19. The predicted octanol–water partition coefficient (Wildman–Crippen LogP) is 4.03. The van der Waals surface area contributed by atoms with E-state index in [9.17, 15) is 4.79 Å². The van der Waals surface area contributed by atoms with Crippen LogP contribution in [0.3, 0.4) is 0 Å². The van der Waals surface area contributed by atoms with E-state index in [4.69, 9.17) is 0 Å². The number of ketones is 1. The van der Waals surface area contributed by atoms with Crippen LogP contribution in [0.2, 0.25) is 0 Å². The molecule has 3 aromatic rings. The number of carbonyl (C=O) groups excluding carboxylic acids is 1. The lowest BCUT2D eigenvalue weighted by Gasteiger charge is -2.17. The van der Waals surface area contributed by atoms with Crippen LogP contribution in [0, 0.1) is 18.8 Å². The van der Waals surface area contributed by atoms with Crippen molar-refractivity contribution in [3.05, 3.63) is 48.2 Å². The molecule has 29 heavy (non-hydrogen) atoms. The van der Waals surface area contributed by atoms with Crippen molar-refractivity contribution in [3.8, 4) is 11.3 Å². The van der Waals surface area contributed by atoms with Gasteiger partial charge in [0.25, 0.3) is 0 Å². The van der Waals surface area contributed by atoms with Crippen molar-refractivity contribution in [2.45, 2.75) is 33.6 Å². The zero-order chi connectivity index (χ0) is 20.5. The minimum Gasteiger partial charge on any atom is -0.331 e. The average molecular weight is 391 g/mol. The van der Waals surface area contributed by atoms with Crippen molar-refractivity contribution in [1.29, 1.82) is 0 Å². The summed E-state index contributed by atoms with van der Waals surface area (Å²) in [5.41, 5.74) is 3.09. The number of benzene rings is 1. The molecule has 5 heteroatoms. The molecule has 2 aromatic heterocycles. The molecule has 152 valence electrons. The Kier molecular flexibility index (Phi) is 5.50. The summed E-state index contributed by atoms with van der Waals surface area (Å²) in [6.45, 7) is 9.48. The lowest BCUT2D eigenvalue weighted by Crippen LogP contribution is -2.27. The maximum absolute atomic E-state index is 12.8. The van der Waals surface area contributed by atoms with Crippen LogP contribution >= 0.6 is 0 Å². The third-order valence-corrected chi connectivity index (χ3v) is 6.00. The molecule has 1 saturated heterocycles. The highest BCUT2D eigenvalue weighted by Crippen LogP contribution is 2.26. The van der Waals surface area contributed by atoms with Gasteiger partial charge in [-0.25, -0.2) is 4.98 Å². The molecule has 1 aliphatic rings. The van der Waals surface area contributed by atoms with E-state index in [0.717, 1.165) is 59.6 Å². The quantitative estimate of drug-likeness (QED) is 0.638. The Morgan fingerprint density at radius 3 is 2.72 bits per heavy atom. The molecule has 1 aromatic carbocycles. The average Bonchev–Trinajstić information content (AvgIpc) is 3.28. The zero-order valence-electron chi connectivity index (χ0n) is 17.9. The van der Waals surface area contributed by atoms with Gasteiger partial charge in [-0.1, -0.05) is 26.0 Å². The van der Waals surface area contributed by atoms with Gasteiger partial charge < -0.3 is 9.47 Å². The Morgan fingerprint density at radius 2 is 2.00 bits per heavy atom. The molecular formula is C24H30N4O. The largest absolute Gasteiger partial charge is 0.331 e. The van der Waals surface area contributed by atoms with Gasteiger partial charge in [0.05, 0.1) is 11.9 Å². The molecular weight excluding hydrogens is 360 g/mol. The van der Waals surface area contributed by atoms with Gasteiger partial charge in [-0.2, -0.15) is 0 Å². The summed E-state index contributed by atoms with van der Waals surface area (Å²) in [5, 5.41) is 2.21. The lowest BCUT2D eigenvalue weighted by molar-refractivity contribution is -0.121. The van der Waals surface area contributed by atoms with E-state index in [1.54, 1.807) is 0 Å². The van der Waals surface area contributed by atoms with E-state index in [1.165, 1.54) is 0 Å². The third-order valence-electron chi connectivity index (χ3n) is 6.00. The molecule has 0 radical (unpaired) electrons. The standard InChI is InChI=1S/C24H30N4O/c1-16(2)14-28-8-7-20(15-28)24(29)11-22-10-21-9-18(5-6-19(21)12-26-22)23-13-25-17(3)27(23)4/h5-6,9-10,12-13,16,20H,7-8,11,14-15H2,1-4H3. The number of pyridine rings is 1. The number of rotatable bonds is 6. The molecule has 3 heterocycles. The Labute approximate surface area is 172 Å². The molecule has 5 nitrogen and oxygen atoms in total. The zero-order valence-corrected chi connectivity index (χ0v) is 17.9. The summed E-state index contributed by atoms with van der Waals surface area (Å²) in [4.78, 5) is 24.2. The fraction of sp³-hybridized carbons (Fsp3) is 0.458. The highest BCUT2D eigenvalue weighted by atomic mass is 16.1. The van der Waals surface area contributed by atoms with Gasteiger partial charge >= 0.3 is 0 Å². The maximum atomic E-state index is 12.8. The predicted molar refractivity (Wildman–Crippen MR) is 117 cm³/mol. The second-order valence-corrected chi connectivity index (χ2v) is 8.77. The molecule has 0 spiro atoms. The number of hydrogen-bond acceptors (Lipinski definition) is 4. The van der Waals surface area contributed by atoms with Crippen LogP contribution in [0.1, 0.15) is 31.8 Å². The van der Waals surface area contributed by atoms with Crippen molar-refractivity contribution in [1.82, 2.24) is 19.4 Å². The van der Waals surface area contributed by atoms with E-state index in [1.807, 2.05) is 26.4 Å². The monoisotopic (exact) mass is 390 g/mol. The van der Waals surface area contributed by atoms with Gasteiger partial charge in [-0.15, -0.1) is 0 Å². The first-order valence-electron chi connectivity index (χ1n) is 10.5. The van der Waals surface area contributed by atoms with Crippen molar-refractivity contribution < 1.29 is 4.79 Å². The van der Waals surface area contributed by atoms with Gasteiger partial charge in [0.2, 0.25) is 0 Å². The first-order chi connectivity index (χ1) is 13.9. The van der Waals surface area contributed by atoms with Crippen LogP contribution in [0.25, 0.3) is 22.0 Å². The Morgan fingerprint density at radius 1 is 1.17 bits per heavy atom. The van der Waals surface area contributed by atoms with Crippen LogP contribution in [-0.2, 0) is 18.3 Å². The van der Waals surface area contributed by atoms with Crippen molar-refractivity contribution in [3.63, 3.8) is 0 Å². The van der Waals surface area contributed by atoms with E-state index >= 15 is 0 Å². The number of likely N-dealkylation sites (tertiary alicyclic amines) is 1. The normalized spacial score (nSPS) is 17.5. The van der Waals surface area contributed by atoms with Crippen molar-refractivity contribution >= 4 is 16.6 Å². The first kappa shape index (κ1) is 19.8. The number of aromatic nitrogens is 3. The smallest absolute Gasteiger partial charge is 0.143 e. The first-order valence-corrected chi connectivity index (χ1v) is 10.5. The van der Waals surface area contributed by atoms with Crippen molar-refractivity contribution in [2.75, 3.05) is 19.6 Å². The number of fused-ring (bicyclic) bond motifs is 1. The molecule has 0 bridgehead atoms. The van der Waals surface area contributed by atoms with Crippen LogP contribution in [0.15, 0.2) is 36.7 Å². The molecule has 4 rings (SSSR count). The Hall–Kier alpha value is -2.53. The molecule has 1 fully saturated rings. The molecule has 0 amide bonds. The number of nitrogens with zero attached hydrogens (tertiary/aromatic N) is 4. The summed E-state index contributed by atoms with van der Waals surface area (Å²) in [5.74, 6) is 2.10. The second-order valence-electron chi connectivity index (χ2n) is 8.77. The maximum Gasteiger partial charge on any atom is 0.143 e. The number of Topliss-reactive ketones (excluding diaryl/α,β-unsaturated/α-hetero) is 1. The second kappa shape index (κ2) is 8.07. The topological polar surface area (TPSA) is 51.0 Å². The van der Waals surface area contributed by atoms with Crippen LogP contribution < -0.4 is 0 Å². The van der Waals surface area contributed by atoms with Gasteiger partial charge in [-0.05, 0) is 43.3 Å². The summed E-state index contributed by atoms with van der Waals surface area (Å²) in [7, 11) is 2.03. The number of carbonyl (C=O) groups is 1. The van der Waals surface area contributed by atoms with Gasteiger partial charge in [0.1, 0.15) is 11.6 Å².